The van der Waals surface area contributed by atoms with Crippen molar-refractivity contribution in [2.75, 3.05) is 39.4 Å². The van der Waals surface area contributed by atoms with E-state index in [1.165, 1.54) is 43.7 Å². The van der Waals surface area contributed by atoms with Gasteiger partial charge in [0, 0.05) is 12.0 Å². The molecular formula is C15H26N2O+2. The van der Waals surface area contributed by atoms with Crippen LogP contribution in [0.5, 0.6) is 0 Å². The van der Waals surface area contributed by atoms with E-state index in [4.69, 9.17) is 4.74 Å². The number of hydrogen-bond donors (Lipinski definition) is 2. The van der Waals surface area contributed by atoms with Crippen LogP contribution in [0.1, 0.15) is 17.5 Å². The highest BCUT2D eigenvalue weighted by Crippen LogP contribution is 2.00. The number of hydrogen-bond acceptors (Lipinski definition) is 1. The first-order chi connectivity index (χ1) is 8.84. The van der Waals surface area contributed by atoms with E-state index >= 15 is 0 Å². The third kappa shape index (κ3) is 4.77. The SMILES string of the molecule is Cc1ccc(C[NH2+]CCC[NH+]2CCOCC2)cc1. The van der Waals surface area contributed by atoms with Gasteiger partial charge in [-0.2, -0.15) is 0 Å². The molecule has 1 aromatic carbocycles. The molecule has 0 aromatic heterocycles. The fourth-order valence-corrected chi connectivity index (χ4v) is 2.40. The molecule has 0 amide bonds. The minimum Gasteiger partial charge on any atom is -0.370 e. The molecule has 3 nitrogen and oxygen atoms in total. The molecule has 1 saturated heterocycles. The Morgan fingerprint density at radius 3 is 2.61 bits per heavy atom. The summed E-state index contributed by atoms with van der Waals surface area (Å²) in [6, 6.07) is 8.86. The molecule has 1 aliphatic rings. The van der Waals surface area contributed by atoms with Crippen molar-refractivity contribution in [1.29, 1.82) is 0 Å². The number of quaternary nitrogens is 2. The Labute approximate surface area is 110 Å². The van der Waals surface area contributed by atoms with Crippen molar-refractivity contribution < 1.29 is 15.0 Å². The maximum atomic E-state index is 5.37. The Hall–Kier alpha value is -0.900. The average Bonchev–Trinajstić information content (AvgIpc) is 2.42. The van der Waals surface area contributed by atoms with Gasteiger partial charge in [-0.15, -0.1) is 0 Å². The topological polar surface area (TPSA) is 30.3 Å². The molecule has 1 fully saturated rings. The summed E-state index contributed by atoms with van der Waals surface area (Å²) in [6.45, 7) is 10.1. The highest BCUT2D eigenvalue weighted by molar-refractivity contribution is 5.20. The van der Waals surface area contributed by atoms with Crippen molar-refractivity contribution >= 4 is 0 Å². The summed E-state index contributed by atoms with van der Waals surface area (Å²) in [6.07, 6.45) is 1.31. The molecule has 100 valence electrons. The second-order valence-electron chi connectivity index (χ2n) is 5.23. The molecule has 3 heteroatoms. The van der Waals surface area contributed by atoms with E-state index in [-0.39, 0.29) is 0 Å². The fraction of sp³-hybridized carbons (Fsp3) is 0.600. The average molecular weight is 250 g/mol. The highest BCUT2D eigenvalue weighted by Gasteiger charge is 2.12. The van der Waals surface area contributed by atoms with Crippen molar-refractivity contribution in [2.45, 2.75) is 19.9 Å². The van der Waals surface area contributed by atoms with Crippen molar-refractivity contribution in [2.24, 2.45) is 0 Å². The predicted octanol–water partition coefficient (Wildman–Crippen LogP) is -0.636. The van der Waals surface area contributed by atoms with Crippen LogP contribution in [0.25, 0.3) is 0 Å². The van der Waals surface area contributed by atoms with Gasteiger partial charge in [-0.3, -0.25) is 0 Å². The molecule has 1 aliphatic heterocycles. The molecule has 0 spiro atoms. The van der Waals surface area contributed by atoms with Gasteiger partial charge in [0.1, 0.15) is 19.6 Å². The van der Waals surface area contributed by atoms with Crippen LogP contribution < -0.4 is 10.2 Å². The van der Waals surface area contributed by atoms with Gasteiger partial charge in [0.15, 0.2) is 0 Å². The molecule has 1 aromatic rings. The summed E-state index contributed by atoms with van der Waals surface area (Å²) >= 11 is 0. The van der Waals surface area contributed by atoms with Gasteiger partial charge in [0.25, 0.3) is 0 Å². The van der Waals surface area contributed by atoms with Gasteiger partial charge >= 0.3 is 0 Å². The number of nitrogens with one attached hydrogen (secondary N) is 1. The van der Waals surface area contributed by atoms with Gasteiger partial charge in [0.2, 0.25) is 0 Å². The second-order valence-corrected chi connectivity index (χ2v) is 5.23. The lowest BCUT2D eigenvalue weighted by Gasteiger charge is -2.23. The Kier molecular flexibility index (Phi) is 5.65. The Bertz CT molecular complexity index is 331. The van der Waals surface area contributed by atoms with Crippen LogP contribution >= 0.6 is 0 Å². The van der Waals surface area contributed by atoms with Crippen LogP contribution in [0.15, 0.2) is 24.3 Å². The first-order valence-corrected chi connectivity index (χ1v) is 7.13. The molecule has 0 bridgehead atoms. The van der Waals surface area contributed by atoms with Crippen molar-refractivity contribution in [3.05, 3.63) is 35.4 Å². The summed E-state index contributed by atoms with van der Waals surface area (Å²) < 4.78 is 5.37. The number of ether oxygens (including phenoxy) is 1. The van der Waals surface area contributed by atoms with Crippen LogP contribution in [0.2, 0.25) is 0 Å². The first-order valence-electron chi connectivity index (χ1n) is 7.13. The van der Waals surface area contributed by atoms with E-state index in [1.807, 2.05) is 0 Å². The van der Waals surface area contributed by atoms with Crippen molar-refractivity contribution in [3.8, 4) is 0 Å². The van der Waals surface area contributed by atoms with E-state index in [0.29, 0.717) is 0 Å². The molecular weight excluding hydrogens is 224 g/mol. The lowest BCUT2D eigenvalue weighted by molar-refractivity contribution is -0.909. The van der Waals surface area contributed by atoms with E-state index < -0.39 is 0 Å². The van der Waals surface area contributed by atoms with Crippen LogP contribution in [-0.2, 0) is 11.3 Å². The molecule has 0 radical (unpaired) electrons. The minimum absolute atomic E-state index is 0.947. The summed E-state index contributed by atoms with van der Waals surface area (Å²) in [5.74, 6) is 0. The smallest absolute Gasteiger partial charge is 0.101 e. The zero-order valence-electron chi connectivity index (χ0n) is 11.5. The van der Waals surface area contributed by atoms with Crippen molar-refractivity contribution in [1.82, 2.24) is 0 Å². The van der Waals surface area contributed by atoms with Crippen molar-refractivity contribution in [3.63, 3.8) is 0 Å². The van der Waals surface area contributed by atoms with E-state index in [9.17, 15) is 0 Å². The summed E-state index contributed by atoms with van der Waals surface area (Å²) in [7, 11) is 0. The molecule has 0 unspecified atom stereocenters. The number of nitrogens with two attached hydrogens (primary N) is 1. The Morgan fingerprint density at radius 1 is 1.17 bits per heavy atom. The first kappa shape index (κ1) is 13.5. The molecule has 2 rings (SSSR count). The van der Waals surface area contributed by atoms with Gasteiger partial charge in [-0.05, 0) is 6.92 Å². The van der Waals surface area contributed by atoms with E-state index in [1.54, 1.807) is 4.90 Å². The standard InChI is InChI=1S/C15H24N2O/c1-14-3-5-15(6-4-14)13-16-7-2-8-17-9-11-18-12-10-17/h3-6,16H,2,7-13H2,1H3/p+2. The molecule has 0 saturated carbocycles. The van der Waals surface area contributed by atoms with Gasteiger partial charge in [-0.1, -0.05) is 29.8 Å². The molecule has 1 heterocycles. The summed E-state index contributed by atoms with van der Waals surface area (Å²) in [4.78, 5) is 1.71. The van der Waals surface area contributed by atoms with Crippen LogP contribution in [-0.4, -0.2) is 39.4 Å². The predicted molar refractivity (Wildman–Crippen MR) is 72.7 cm³/mol. The van der Waals surface area contributed by atoms with Crippen LogP contribution in [0.3, 0.4) is 0 Å². The summed E-state index contributed by atoms with van der Waals surface area (Å²) in [5, 5.41) is 2.42. The Morgan fingerprint density at radius 2 is 1.89 bits per heavy atom. The molecule has 3 N–H and O–H groups in total. The molecule has 18 heavy (non-hydrogen) atoms. The molecule has 0 atom stereocenters. The lowest BCUT2D eigenvalue weighted by Crippen LogP contribution is -3.14. The highest BCUT2D eigenvalue weighted by atomic mass is 16.5. The van der Waals surface area contributed by atoms with Gasteiger partial charge in [-0.25, -0.2) is 0 Å². The van der Waals surface area contributed by atoms with Gasteiger partial charge in [0.05, 0.1) is 26.3 Å². The maximum Gasteiger partial charge on any atom is 0.101 e. The number of benzene rings is 1. The number of morpholine rings is 1. The second kappa shape index (κ2) is 7.52. The lowest BCUT2D eigenvalue weighted by atomic mass is 10.1. The zero-order chi connectivity index (χ0) is 12.6. The normalized spacial score (nSPS) is 16.9. The van der Waals surface area contributed by atoms with Crippen LogP contribution in [0, 0.1) is 6.92 Å². The van der Waals surface area contributed by atoms with Crippen LogP contribution in [0.4, 0.5) is 0 Å². The Balaban J connectivity index is 1.54. The van der Waals surface area contributed by atoms with Gasteiger partial charge < -0.3 is 15.0 Å². The van der Waals surface area contributed by atoms with E-state index in [2.05, 4.69) is 36.5 Å². The monoisotopic (exact) mass is 250 g/mol. The maximum absolute atomic E-state index is 5.37. The third-order valence-electron chi connectivity index (χ3n) is 3.64. The largest absolute Gasteiger partial charge is 0.370 e. The fourth-order valence-electron chi connectivity index (χ4n) is 2.40. The third-order valence-corrected chi connectivity index (χ3v) is 3.64. The minimum atomic E-state index is 0.947. The summed E-state index contributed by atoms with van der Waals surface area (Å²) in [5.41, 5.74) is 2.77. The quantitative estimate of drug-likeness (QED) is 0.647. The van der Waals surface area contributed by atoms with E-state index in [0.717, 1.165) is 19.8 Å². The zero-order valence-corrected chi connectivity index (χ0v) is 11.5. The number of rotatable bonds is 6. The number of aryl methyl sites for hydroxylation is 1. The molecule has 0 aliphatic carbocycles.